The zero-order valence-electron chi connectivity index (χ0n) is 14.5. The van der Waals surface area contributed by atoms with E-state index in [0.29, 0.717) is 17.0 Å². The lowest BCUT2D eigenvalue weighted by Crippen LogP contribution is -2.21. The van der Waals surface area contributed by atoms with Crippen molar-refractivity contribution in [1.82, 2.24) is 0 Å². The molecule has 0 radical (unpaired) electrons. The van der Waals surface area contributed by atoms with Gasteiger partial charge in [0.25, 0.3) is 5.91 Å². The van der Waals surface area contributed by atoms with Gasteiger partial charge in [-0.25, -0.2) is 9.59 Å². The van der Waals surface area contributed by atoms with Gasteiger partial charge < -0.3 is 19.5 Å². The van der Waals surface area contributed by atoms with Crippen molar-refractivity contribution >= 4 is 23.5 Å². The first-order chi connectivity index (χ1) is 12.5. The molecule has 7 heteroatoms. The fourth-order valence-electron chi connectivity index (χ4n) is 2.07. The monoisotopic (exact) mass is 357 g/mol. The average Bonchev–Trinajstić information content (AvgIpc) is 2.67. The number of hydrogen-bond acceptors (Lipinski definition) is 6. The van der Waals surface area contributed by atoms with E-state index in [2.05, 4.69) is 5.32 Å². The molecule has 0 aliphatic heterocycles. The summed E-state index contributed by atoms with van der Waals surface area (Å²) in [7, 11) is 1.49. The fourth-order valence-corrected chi connectivity index (χ4v) is 2.07. The van der Waals surface area contributed by atoms with Crippen LogP contribution < -0.4 is 10.1 Å². The van der Waals surface area contributed by atoms with Crippen LogP contribution in [0.1, 0.15) is 27.6 Å². The third kappa shape index (κ3) is 5.34. The first-order valence-corrected chi connectivity index (χ1v) is 7.91. The predicted molar refractivity (Wildman–Crippen MR) is 94.3 cm³/mol. The highest BCUT2D eigenvalue weighted by Gasteiger charge is 2.12. The van der Waals surface area contributed by atoms with Crippen molar-refractivity contribution in [2.75, 3.05) is 25.6 Å². The molecule has 2 rings (SSSR count). The van der Waals surface area contributed by atoms with Gasteiger partial charge in [-0.3, -0.25) is 4.79 Å². The SMILES string of the molecule is CCOC(=O)c1ccc(NC(=O)COC(=O)c2cccc(OC)c2)cc1. The molecule has 0 spiro atoms. The predicted octanol–water partition coefficient (Wildman–Crippen LogP) is 2.67. The van der Waals surface area contributed by atoms with Crippen LogP contribution in [0.5, 0.6) is 5.75 Å². The van der Waals surface area contributed by atoms with Crippen molar-refractivity contribution in [1.29, 1.82) is 0 Å². The van der Waals surface area contributed by atoms with Crippen molar-refractivity contribution in [3.8, 4) is 5.75 Å². The van der Waals surface area contributed by atoms with Gasteiger partial charge >= 0.3 is 11.9 Å². The van der Waals surface area contributed by atoms with Gasteiger partial charge in [-0.05, 0) is 49.4 Å². The molecule has 26 heavy (non-hydrogen) atoms. The minimum atomic E-state index is -0.628. The Bertz CT molecular complexity index is 785. The molecule has 0 aliphatic carbocycles. The summed E-state index contributed by atoms with van der Waals surface area (Å²) in [5, 5.41) is 2.58. The largest absolute Gasteiger partial charge is 0.497 e. The maximum absolute atomic E-state index is 11.9. The molecule has 136 valence electrons. The number of carbonyl (C=O) groups is 3. The number of nitrogens with one attached hydrogen (secondary N) is 1. The quantitative estimate of drug-likeness (QED) is 0.766. The van der Waals surface area contributed by atoms with Gasteiger partial charge in [0.2, 0.25) is 0 Å². The number of amides is 1. The average molecular weight is 357 g/mol. The Kier molecular flexibility index (Phi) is 6.73. The minimum Gasteiger partial charge on any atom is -0.497 e. The van der Waals surface area contributed by atoms with Gasteiger partial charge in [0.05, 0.1) is 24.8 Å². The third-order valence-electron chi connectivity index (χ3n) is 3.32. The number of rotatable bonds is 7. The molecule has 0 aromatic heterocycles. The van der Waals surface area contributed by atoms with E-state index in [1.165, 1.54) is 25.3 Å². The van der Waals surface area contributed by atoms with Crippen LogP contribution in [0, 0.1) is 0 Å². The number of methoxy groups -OCH3 is 1. The molecule has 0 aliphatic rings. The van der Waals surface area contributed by atoms with Crippen molar-refractivity contribution in [2.45, 2.75) is 6.92 Å². The first-order valence-electron chi connectivity index (χ1n) is 7.91. The van der Waals surface area contributed by atoms with Crippen LogP contribution >= 0.6 is 0 Å². The highest BCUT2D eigenvalue weighted by atomic mass is 16.5. The molecule has 0 bridgehead atoms. The summed E-state index contributed by atoms with van der Waals surface area (Å²) in [6.45, 7) is 1.57. The lowest BCUT2D eigenvalue weighted by molar-refractivity contribution is -0.119. The molecule has 0 fully saturated rings. The van der Waals surface area contributed by atoms with Gasteiger partial charge in [0.1, 0.15) is 5.75 Å². The van der Waals surface area contributed by atoms with Crippen LogP contribution in [-0.2, 0) is 14.3 Å². The van der Waals surface area contributed by atoms with Gasteiger partial charge in [-0.1, -0.05) is 6.07 Å². The van der Waals surface area contributed by atoms with Gasteiger partial charge in [-0.15, -0.1) is 0 Å². The van der Waals surface area contributed by atoms with Crippen LogP contribution in [0.3, 0.4) is 0 Å². The molecule has 0 saturated carbocycles. The molecule has 2 aromatic carbocycles. The lowest BCUT2D eigenvalue weighted by atomic mass is 10.2. The number of anilines is 1. The lowest BCUT2D eigenvalue weighted by Gasteiger charge is -2.08. The first kappa shape index (κ1) is 19.0. The molecule has 0 saturated heterocycles. The molecule has 0 unspecified atom stereocenters. The van der Waals surface area contributed by atoms with E-state index in [1.807, 2.05) is 0 Å². The summed E-state index contributed by atoms with van der Waals surface area (Å²) >= 11 is 0. The number of esters is 2. The summed E-state index contributed by atoms with van der Waals surface area (Å²) < 4.78 is 14.9. The number of carbonyl (C=O) groups excluding carboxylic acids is 3. The Balaban J connectivity index is 1.86. The van der Waals surface area contributed by atoms with Crippen molar-refractivity contribution in [3.05, 3.63) is 59.7 Å². The maximum atomic E-state index is 11.9. The van der Waals surface area contributed by atoms with E-state index < -0.39 is 24.5 Å². The van der Waals surface area contributed by atoms with E-state index in [0.717, 1.165) is 0 Å². The summed E-state index contributed by atoms with van der Waals surface area (Å²) in [6.07, 6.45) is 0. The Morgan fingerprint density at radius 3 is 2.27 bits per heavy atom. The Labute approximate surface area is 150 Å². The highest BCUT2D eigenvalue weighted by molar-refractivity contribution is 5.96. The van der Waals surface area contributed by atoms with E-state index in [-0.39, 0.29) is 12.2 Å². The van der Waals surface area contributed by atoms with Crippen molar-refractivity contribution in [2.24, 2.45) is 0 Å². The molecule has 2 aromatic rings. The number of hydrogen-bond donors (Lipinski definition) is 1. The Morgan fingerprint density at radius 1 is 0.923 bits per heavy atom. The van der Waals surface area contributed by atoms with E-state index in [4.69, 9.17) is 14.2 Å². The minimum absolute atomic E-state index is 0.288. The summed E-state index contributed by atoms with van der Waals surface area (Å²) in [4.78, 5) is 35.4. The fraction of sp³-hybridized carbons (Fsp3) is 0.211. The molecular formula is C19H19NO6. The standard InChI is InChI=1S/C19H19NO6/c1-3-25-18(22)13-7-9-15(10-8-13)20-17(21)12-26-19(23)14-5-4-6-16(11-14)24-2/h4-11H,3,12H2,1-2H3,(H,20,21). The molecule has 1 amide bonds. The second-order valence-corrected chi connectivity index (χ2v) is 5.15. The van der Waals surface area contributed by atoms with E-state index in [1.54, 1.807) is 37.3 Å². The van der Waals surface area contributed by atoms with Crippen LogP contribution in [0.2, 0.25) is 0 Å². The van der Waals surface area contributed by atoms with E-state index >= 15 is 0 Å². The normalized spacial score (nSPS) is 9.92. The Hall–Kier alpha value is -3.35. The van der Waals surface area contributed by atoms with Gasteiger partial charge in [0, 0.05) is 5.69 Å². The van der Waals surface area contributed by atoms with Crippen LogP contribution in [-0.4, -0.2) is 38.2 Å². The van der Waals surface area contributed by atoms with Crippen molar-refractivity contribution in [3.63, 3.8) is 0 Å². The summed E-state index contributed by atoms with van der Waals surface area (Å²) in [5.41, 5.74) is 1.14. The van der Waals surface area contributed by atoms with Crippen LogP contribution in [0.4, 0.5) is 5.69 Å². The molecule has 0 atom stereocenters. The molecule has 7 nitrogen and oxygen atoms in total. The number of benzene rings is 2. The van der Waals surface area contributed by atoms with Crippen LogP contribution in [0.25, 0.3) is 0 Å². The van der Waals surface area contributed by atoms with Gasteiger partial charge in [0.15, 0.2) is 6.61 Å². The topological polar surface area (TPSA) is 90.9 Å². The second kappa shape index (κ2) is 9.22. The molecule has 1 N–H and O–H groups in total. The second-order valence-electron chi connectivity index (χ2n) is 5.15. The van der Waals surface area contributed by atoms with Gasteiger partial charge in [-0.2, -0.15) is 0 Å². The van der Waals surface area contributed by atoms with Crippen LogP contribution in [0.15, 0.2) is 48.5 Å². The summed E-state index contributed by atoms with van der Waals surface area (Å²) in [5.74, 6) is -1.04. The molecular weight excluding hydrogens is 338 g/mol. The zero-order chi connectivity index (χ0) is 18.9. The maximum Gasteiger partial charge on any atom is 0.338 e. The smallest absolute Gasteiger partial charge is 0.338 e. The summed E-state index contributed by atoms with van der Waals surface area (Å²) in [6, 6.07) is 12.6. The number of ether oxygens (including phenoxy) is 3. The molecule has 0 heterocycles. The zero-order valence-corrected chi connectivity index (χ0v) is 14.5. The Morgan fingerprint density at radius 2 is 1.62 bits per heavy atom. The van der Waals surface area contributed by atoms with E-state index in [9.17, 15) is 14.4 Å². The third-order valence-corrected chi connectivity index (χ3v) is 3.32. The van der Waals surface area contributed by atoms with Crippen molar-refractivity contribution < 1.29 is 28.6 Å². The highest BCUT2D eigenvalue weighted by Crippen LogP contribution is 2.14.